The van der Waals surface area contributed by atoms with Gasteiger partial charge in [0.1, 0.15) is 0 Å². The van der Waals surface area contributed by atoms with E-state index in [2.05, 4.69) is 11.9 Å². The van der Waals surface area contributed by atoms with E-state index in [1.807, 2.05) is 18.2 Å². The van der Waals surface area contributed by atoms with Crippen molar-refractivity contribution in [2.45, 2.75) is 51.0 Å². The predicted octanol–water partition coefficient (Wildman–Crippen LogP) is 3.15. The number of ketones is 1. The van der Waals surface area contributed by atoms with E-state index in [1.165, 1.54) is 0 Å². The number of aliphatic hydroxyl groups is 1. The van der Waals surface area contributed by atoms with Crippen LogP contribution < -0.4 is 0 Å². The van der Waals surface area contributed by atoms with Crippen LogP contribution in [0.15, 0.2) is 24.4 Å². The second-order valence-electron chi connectivity index (χ2n) is 6.49. The topological polar surface area (TPSA) is 79.4 Å². The lowest BCUT2D eigenvalue weighted by Gasteiger charge is -2.29. The van der Waals surface area contributed by atoms with Crippen LogP contribution in [0.5, 0.6) is 0 Å². The first-order chi connectivity index (χ1) is 11.5. The van der Waals surface area contributed by atoms with E-state index in [9.17, 15) is 14.7 Å². The molecule has 0 amide bonds. The number of hydrogen-bond donors (Lipinski definition) is 2. The summed E-state index contributed by atoms with van der Waals surface area (Å²) in [4.78, 5) is 27.7. The largest absolute Gasteiger partial charge is 0.455 e. The minimum atomic E-state index is -1.42. The molecule has 5 heteroatoms. The smallest absolute Gasteiger partial charge is 0.338 e. The number of esters is 1. The van der Waals surface area contributed by atoms with E-state index in [0.717, 1.165) is 42.1 Å². The third-order valence-electron chi connectivity index (χ3n) is 4.88. The first-order valence-corrected chi connectivity index (χ1v) is 8.57. The Kier molecular flexibility index (Phi) is 4.71. The van der Waals surface area contributed by atoms with Crippen molar-refractivity contribution in [3.8, 4) is 0 Å². The summed E-state index contributed by atoms with van der Waals surface area (Å²) in [6.07, 6.45) is 5.98. The molecule has 1 heterocycles. The van der Waals surface area contributed by atoms with Crippen LogP contribution in [0, 0.1) is 0 Å². The predicted molar refractivity (Wildman–Crippen MR) is 91.0 cm³/mol. The van der Waals surface area contributed by atoms with Gasteiger partial charge in [-0.1, -0.05) is 31.5 Å². The van der Waals surface area contributed by atoms with Crippen molar-refractivity contribution >= 4 is 22.7 Å². The lowest BCUT2D eigenvalue weighted by Crippen LogP contribution is -2.42. The standard InChI is InChI=1S/C19H23NO4/c1-2-13-7-6-8-14-15(11-20-17(13)14)16(21)12-24-18(22)19(23)9-4-3-5-10-19/h6-8,11,20,23H,2-5,9-10,12H2,1H3. The summed E-state index contributed by atoms with van der Waals surface area (Å²) in [6, 6.07) is 5.82. The van der Waals surface area contributed by atoms with Gasteiger partial charge in [-0.2, -0.15) is 0 Å². The molecule has 0 atom stereocenters. The average Bonchev–Trinajstić information content (AvgIpc) is 3.04. The Morgan fingerprint density at radius 3 is 2.71 bits per heavy atom. The molecule has 0 spiro atoms. The fourth-order valence-electron chi connectivity index (χ4n) is 3.43. The number of benzene rings is 1. The number of aromatic nitrogens is 1. The highest BCUT2D eigenvalue weighted by Gasteiger charge is 2.39. The Morgan fingerprint density at radius 2 is 2.00 bits per heavy atom. The van der Waals surface area contributed by atoms with Gasteiger partial charge in [0.05, 0.1) is 0 Å². The fraction of sp³-hybridized carbons (Fsp3) is 0.474. The quantitative estimate of drug-likeness (QED) is 0.652. The zero-order valence-corrected chi connectivity index (χ0v) is 13.9. The van der Waals surface area contributed by atoms with Crippen molar-refractivity contribution in [2.24, 2.45) is 0 Å². The van der Waals surface area contributed by atoms with Gasteiger partial charge in [0.15, 0.2) is 12.2 Å². The number of fused-ring (bicyclic) bond motifs is 1. The van der Waals surface area contributed by atoms with Crippen molar-refractivity contribution in [1.29, 1.82) is 0 Å². The van der Waals surface area contributed by atoms with Gasteiger partial charge in [-0.25, -0.2) is 4.79 Å². The number of nitrogens with one attached hydrogen (secondary N) is 1. The Bertz CT molecular complexity index is 756. The van der Waals surface area contributed by atoms with Gasteiger partial charge < -0.3 is 14.8 Å². The first kappa shape index (κ1) is 16.7. The number of hydrogen-bond acceptors (Lipinski definition) is 4. The zero-order valence-electron chi connectivity index (χ0n) is 13.9. The van der Waals surface area contributed by atoms with Gasteiger partial charge in [0.2, 0.25) is 5.78 Å². The molecule has 1 saturated carbocycles. The van der Waals surface area contributed by atoms with Crippen LogP contribution in [0.1, 0.15) is 54.9 Å². The number of aromatic amines is 1. The summed E-state index contributed by atoms with van der Waals surface area (Å²) >= 11 is 0. The van der Waals surface area contributed by atoms with E-state index < -0.39 is 11.6 Å². The maximum absolute atomic E-state index is 12.4. The third kappa shape index (κ3) is 3.08. The molecule has 1 aliphatic rings. The Hall–Kier alpha value is -2.14. The number of carbonyl (C=O) groups is 2. The highest BCUT2D eigenvalue weighted by atomic mass is 16.6. The molecule has 0 bridgehead atoms. The molecule has 0 unspecified atom stereocenters. The van der Waals surface area contributed by atoms with Crippen molar-refractivity contribution in [1.82, 2.24) is 4.98 Å². The van der Waals surface area contributed by atoms with Crippen LogP contribution in [-0.4, -0.2) is 34.1 Å². The highest BCUT2D eigenvalue weighted by Crippen LogP contribution is 2.29. The van der Waals surface area contributed by atoms with Gasteiger partial charge in [-0.15, -0.1) is 0 Å². The van der Waals surface area contributed by atoms with E-state index in [0.29, 0.717) is 18.4 Å². The van der Waals surface area contributed by atoms with Crippen LogP contribution in [0.4, 0.5) is 0 Å². The molecule has 5 nitrogen and oxygen atoms in total. The summed E-state index contributed by atoms with van der Waals surface area (Å²) in [7, 11) is 0. The van der Waals surface area contributed by atoms with Crippen molar-refractivity contribution in [3.63, 3.8) is 0 Å². The van der Waals surface area contributed by atoms with Gasteiger partial charge in [-0.05, 0) is 37.7 Å². The SMILES string of the molecule is CCc1cccc2c(C(=O)COC(=O)C3(O)CCCCC3)c[nH]c12. The number of rotatable bonds is 5. The molecule has 1 aromatic heterocycles. The molecule has 128 valence electrons. The van der Waals surface area contributed by atoms with Crippen molar-refractivity contribution in [2.75, 3.05) is 6.61 Å². The molecule has 1 aliphatic carbocycles. The third-order valence-corrected chi connectivity index (χ3v) is 4.88. The summed E-state index contributed by atoms with van der Waals surface area (Å²) in [6.45, 7) is 1.72. The normalized spacial score (nSPS) is 16.9. The number of para-hydroxylation sites is 1. The zero-order chi connectivity index (χ0) is 17.2. The van der Waals surface area contributed by atoms with Crippen LogP contribution >= 0.6 is 0 Å². The van der Waals surface area contributed by atoms with Gasteiger partial charge in [-0.3, -0.25) is 4.79 Å². The van der Waals surface area contributed by atoms with Gasteiger partial charge >= 0.3 is 5.97 Å². The van der Waals surface area contributed by atoms with Crippen LogP contribution in [0.2, 0.25) is 0 Å². The number of ether oxygens (including phenoxy) is 1. The molecule has 0 saturated heterocycles. The van der Waals surface area contributed by atoms with Crippen molar-refractivity contribution < 1.29 is 19.4 Å². The van der Waals surface area contributed by atoms with E-state index in [1.54, 1.807) is 6.20 Å². The van der Waals surface area contributed by atoms with Gasteiger partial charge in [0, 0.05) is 22.7 Å². The van der Waals surface area contributed by atoms with E-state index in [-0.39, 0.29) is 12.4 Å². The average molecular weight is 329 g/mol. The minimum absolute atomic E-state index is 0.262. The maximum atomic E-state index is 12.4. The monoisotopic (exact) mass is 329 g/mol. The molecular weight excluding hydrogens is 306 g/mol. The first-order valence-electron chi connectivity index (χ1n) is 8.57. The molecule has 0 radical (unpaired) electrons. The summed E-state index contributed by atoms with van der Waals surface area (Å²) in [5, 5.41) is 11.2. The lowest BCUT2D eigenvalue weighted by molar-refractivity contribution is -0.167. The number of carbonyl (C=O) groups excluding carboxylic acids is 2. The minimum Gasteiger partial charge on any atom is -0.455 e. The second kappa shape index (κ2) is 6.77. The summed E-state index contributed by atoms with van der Waals surface area (Å²) < 4.78 is 5.12. The molecule has 1 fully saturated rings. The number of H-pyrrole nitrogens is 1. The van der Waals surface area contributed by atoms with Crippen LogP contribution in [0.3, 0.4) is 0 Å². The second-order valence-corrected chi connectivity index (χ2v) is 6.49. The summed E-state index contributed by atoms with van der Waals surface area (Å²) in [5.74, 6) is -0.938. The maximum Gasteiger partial charge on any atom is 0.338 e. The summed E-state index contributed by atoms with van der Waals surface area (Å²) in [5.41, 5.74) is 1.18. The van der Waals surface area contributed by atoms with Gasteiger partial charge in [0.25, 0.3) is 0 Å². The number of aryl methyl sites for hydroxylation is 1. The Balaban J connectivity index is 1.70. The van der Waals surface area contributed by atoms with Crippen LogP contribution in [-0.2, 0) is 16.0 Å². The highest BCUT2D eigenvalue weighted by molar-refractivity contribution is 6.09. The Morgan fingerprint density at radius 1 is 1.25 bits per heavy atom. The molecule has 2 N–H and O–H groups in total. The Labute approximate surface area is 141 Å². The van der Waals surface area contributed by atoms with Crippen LogP contribution in [0.25, 0.3) is 10.9 Å². The molecular formula is C19H23NO4. The molecule has 1 aromatic carbocycles. The molecule has 2 aromatic rings. The van der Waals surface area contributed by atoms with E-state index in [4.69, 9.17) is 4.74 Å². The molecule has 3 rings (SSSR count). The number of Topliss-reactive ketones (excluding diaryl/α,β-unsaturated/α-hetero) is 1. The fourth-order valence-corrected chi connectivity index (χ4v) is 3.43. The van der Waals surface area contributed by atoms with E-state index >= 15 is 0 Å². The molecule has 0 aliphatic heterocycles. The lowest BCUT2D eigenvalue weighted by atomic mass is 9.85. The van der Waals surface area contributed by atoms with Crippen molar-refractivity contribution in [3.05, 3.63) is 35.5 Å². The molecule has 24 heavy (non-hydrogen) atoms.